The van der Waals surface area contributed by atoms with Gasteiger partial charge >= 0.3 is 11.9 Å². The monoisotopic (exact) mass is 324 g/mol. The molecule has 0 amide bonds. The van der Waals surface area contributed by atoms with Crippen molar-refractivity contribution in [2.75, 3.05) is 32.9 Å². The van der Waals surface area contributed by atoms with Crippen molar-refractivity contribution >= 4 is 22.1 Å². The van der Waals surface area contributed by atoms with E-state index >= 15 is 0 Å². The lowest BCUT2D eigenvalue weighted by Gasteiger charge is -2.22. The lowest BCUT2D eigenvalue weighted by molar-refractivity contribution is -0.147. The maximum Gasteiger partial charge on any atom is 0.329 e. The minimum Gasteiger partial charge on any atom is -0.480 e. The summed E-state index contributed by atoms with van der Waals surface area (Å²) in [5.74, 6) is -1.68. The summed E-state index contributed by atoms with van der Waals surface area (Å²) in [6.07, 6.45) is 1.01. The first-order valence-corrected chi connectivity index (χ1v) is 8.05. The summed E-state index contributed by atoms with van der Waals surface area (Å²) in [5.41, 5.74) is 0. The Balaban J connectivity index is 2.48. The predicted octanol–water partition coefficient (Wildman–Crippen LogP) is -1.05. The molecule has 1 heterocycles. The SMILES string of the molecule is CCOC(=O)C1CCCN1S(=O)(=O)NCCOCC(=O)O. The van der Waals surface area contributed by atoms with Gasteiger partial charge in [-0.1, -0.05) is 0 Å². The van der Waals surface area contributed by atoms with E-state index in [2.05, 4.69) is 4.72 Å². The highest BCUT2D eigenvalue weighted by Crippen LogP contribution is 2.21. The van der Waals surface area contributed by atoms with Gasteiger partial charge in [-0.2, -0.15) is 17.4 Å². The fourth-order valence-corrected chi connectivity index (χ4v) is 3.39. The first-order chi connectivity index (χ1) is 9.88. The fourth-order valence-electron chi connectivity index (χ4n) is 1.99. The summed E-state index contributed by atoms with van der Waals surface area (Å²) in [4.78, 5) is 21.9. The van der Waals surface area contributed by atoms with Gasteiger partial charge in [-0.25, -0.2) is 4.79 Å². The number of hydrogen-bond donors (Lipinski definition) is 2. The van der Waals surface area contributed by atoms with Crippen molar-refractivity contribution in [3.63, 3.8) is 0 Å². The van der Waals surface area contributed by atoms with Crippen LogP contribution in [0.5, 0.6) is 0 Å². The Bertz CT molecular complexity index is 465. The van der Waals surface area contributed by atoms with Gasteiger partial charge in [0.05, 0.1) is 13.2 Å². The summed E-state index contributed by atoms with van der Waals surface area (Å²) in [6, 6.07) is -0.803. The predicted molar refractivity (Wildman–Crippen MR) is 71.7 cm³/mol. The highest BCUT2D eigenvalue weighted by atomic mass is 32.2. The van der Waals surface area contributed by atoms with Gasteiger partial charge in [0.15, 0.2) is 0 Å². The van der Waals surface area contributed by atoms with Gasteiger partial charge in [-0.3, -0.25) is 4.79 Å². The van der Waals surface area contributed by atoms with Crippen LogP contribution in [0.25, 0.3) is 0 Å². The van der Waals surface area contributed by atoms with Gasteiger partial charge in [-0.15, -0.1) is 0 Å². The third-order valence-electron chi connectivity index (χ3n) is 2.83. The molecule has 0 aliphatic carbocycles. The van der Waals surface area contributed by atoms with E-state index in [4.69, 9.17) is 14.6 Å². The molecule has 0 aromatic heterocycles. The normalized spacial score (nSPS) is 19.6. The Kier molecular flexibility index (Phi) is 7.02. The molecule has 1 aliphatic rings. The molecule has 0 bridgehead atoms. The topological polar surface area (TPSA) is 122 Å². The zero-order valence-corrected chi connectivity index (χ0v) is 12.6. The number of carbonyl (C=O) groups excluding carboxylic acids is 1. The second-order valence-electron chi connectivity index (χ2n) is 4.37. The molecule has 122 valence electrons. The Morgan fingerprint density at radius 3 is 2.76 bits per heavy atom. The standard InChI is InChI=1S/C11H20N2O7S/c1-2-20-11(16)9-4-3-6-13(9)21(17,18)12-5-7-19-8-10(14)15/h9,12H,2-8H2,1H3,(H,14,15). The van der Waals surface area contributed by atoms with E-state index in [0.717, 1.165) is 4.31 Å². The first kappa shape index (κ1) is 17.8. The van der Waals surface area contributed by atoms with E-state index in [0.29, 0.717) is 12.8 Å². The van der Waals surface area contributed by atoms with Gasteiger partial charge in [0.25, 0.3) is 10.2 Å². The highest BCUT2D eigenvalue weighted by Gasteiger charge is 2.39. The van der Waals surface area contributed by atoms with Crippen LogP contribution in [0.3, 0.4) is 0 Å². The molecule has 10 heteroatoms. The summed E-state index contributed by atoms with van der Waals surface area (Å²) >= 11 is 0. The summed E-state index contributed by atoms with van der Waals surface area (Å²) in [6.45, 7) is 1.47. The number of rotatable bonds is 9. The quantitative estimate of drug-likeness (QED) is 0.410. The van der Waals surface area contributed by atoms with Crippen molar-refractivity contribution in [2.45, 2.75) is 25.8 Å². The number of carboxylic acid groups (broad SMARTS) is 1. The largest absolute Gasteiger partial charge is 0.480 e. The molecule has 1 aliphatic heterocycles. The van der Waals surface area contributed by atoms with Gasteiger partial charge in [0.2, 0.25) is 0 Å². The number of carbonyl (C=O) groups is 2. The molecular weight excluding hydrogens is 304 g/mol. The molecule has 1 rings (SSSR count). The molecule has 0 aromatic carbocycles. The van der Waals surface area contributed by atoms with Crippen LogP contribution in [-0.2, 0) is 29.3 Å². The van der Waals surface area contributed by atoms with Gasteiger partial charge in [0, 0.05) is 13.1 Å². The second-order valence-corrected chi connectivity index (χ2v) is 6.07. The number of hydrogen-bond acceptors (Lipinski definition) is 6. The second kappa shape index (κ2) is 8.27. The van der Waals surface area contributed by atoms with Gasteiger partial charge in [-0.05, 0) is 19.8 Å². The molecule has 0 spiro atoms. The Labute approximate surface area is 123 Å². The minimum absolute atomic E-state index is 0.0660. The average molecular weight is 324 g/mol. The smallest absolute Gasteiger partial charge is 0.329 e. The number of aliphatic carboxylic acids is 1. The number of carboxylic acids is 1. The van der Waals surface area contributed by atoms with E-state index in [1.807, 2.05) is 0 Å². The number of nitrogens with one attached hydrogen (secondary N) is 1. The van der Waals surface area contributed by atoms with Crippen LogP contribution in [0.4, 0.5) is 0 Å². The Morgan fingerprint density at radius 1 is 1.43 bits per heavy atom. The Morgan fingerprint density at radius 2 is 2.14 bits per heavy atom. The fraction of sp³-hybridized carbons (Fsp3) is 0.818. The molecule has 0 aromatic rings. The maximum atomic E-state index is 12.1. The van der Waals surface area contributed by atoms with E-state index in [1.54, 1.807) is 6.92 Å². The first-order valence-electron chi connectivity index (χ1n) is 6.61. The van der Waals surface area contributed by atoms with Crippen molar-refractivity contribution in [1.29, 1.82) is 0 Å². The minimum atomic E-state index is -3.82. The number of ether oxygens (including phenoxy) is 2. The number of nitrogens with zero attached hydrogens (tertiary/aromatic N) is 1. The highest BCUT2D eigenvalue weighted by molar-refractivity contribution is 7.87. The maximum absolute atomic E-state index is 12.1. The summed E-state index contributed by atoms with van der Waals surface area (Å²) < 4.78 is 37.1. The van der Waals surface area contributed by atoms with Gasteiger partial charge in [0.1, 0.15) is 12.6 Å². The van der Waals surface area contributed by atoms with Crippen molar-refractivity contribution in [3.05, 3.63) is 0 Å². The third-order valence-corrected chi connectivity index (χ3v) is 4.45. The van der Waals surface area contributed by atoms with Gasteiger partial charge < -0.3 is 14.6 Å². The third kappa shape index (κ3) is 5.58. The van der Waals surface area contributed by atoms with E-state index in [1.165, 1.54) is 0 Å². The molecule has 21 heavy (non-hydrogen) atoms. The van der Waals surface area contributed by atoms with Crippen LogP contribution < -0.4 is 4.72 Å². The number of esters is 1. The molecule has 0 radical (unpaired) electrons. The van der Waals surface area contributed by atoms with Crippen molar-refractivity contribution in [1.82, 2.24) is 9.03 Å². The zero-order chi connectivity index (χ0) is 15.9. The molecule has 9 nitrogen and oxygen atoms in total. The molecule has 1 unspecified atom stereocenters. The average Bonchev–Trinajstić information content (AvgIpc) is 2.88. The lowest BCUT2D eigenvalue weighted by atomic mass is 10.2. The van der Waals surface area contributed by atoms with Crippen LogP contribution in [0.2, 0.25) is 0 Å². The molecule has 0 saturated carbocycles. The van der Waals surface area contributed by atoms with Crippen LogP contribution in [0.15, 0.2) is 0 Å². The summed E-state index contributed by atoms with van der Waals surface area (Å²) in [7, 11) is -3.82. The van der Waals surface area contributed by atoms with Crippen LogP contribution in [0, 0.1) is 0 Å². The summed E-state index contributed by atoms with van der Waals surface area (Å²) in [5, 5.41) is 8.37. The van der Waals surface area contributed by atoms with Crippen molar-refractivity contribution in [2.24, 2.45) is 0 Å². The van der Waals surface area contributed by atoms with Crippen LogP contribution >= 0.6 is 0 Å². The van der Waals surface area contributed by atoms with Crippen LogP contribution in [-0.4, -0.2) is 68.7 Å². The molecule has 1 atom stereocenters. The molecule has 2 N–H and O–H groups in total. The van der Waals surface area contributed by atoms with E-state index < -0.39 is 34.8 Å². The van der Waals surface area contributed by atoms with Crippen molar-refractivity contribution < 1.29 is 32.6 Å². The molecule has 1 fully saturated rings. The van der Waals surface area contributed by atoms with E-state index in [9.17, 15) is 18.0 Å². The molecular formula is C11H20N2O7S. The zero-order valence-electron chi connectivity index (χ0n) is 11.8. The lowest BCUT2D eigenvalue weighted by Crippen LogP contribution is -2.47. The van der Waals surface area contributed by atoms with Crippen molar-refractivity contribution in [3.8, 4) is 0 Å². The van der Waals surface area contributed by atoms with Crippen LogP contribution in [0.1, 0.15) is 19.8 Å². The van der Waals surface area contributed by atoms with E-state index in [-0.39, 0.29) is 26.3 Å². The molecule has 1 saturated heterocycles. The Hall–Kier alpha value is -1.23.